The topological polar surface area (TPSA) is 47.1 Å². The number of hydrogen-bond donors (Lipinski definition) is 1. The van der Waals surface area contributed by atoms with Crippen molar-refractivity contribution in [2.75, 3.05) is 0 Å². The SMILES string of the molecule is Cc1cc(C(F)(OC(F)(F)C(F)(OC(F)(F)C(F)(F)C(F)(F)F)C(F)(F)F)C(F)(F)F)nc(=S)[nH]1. The van der Waals surface area contributed by atoms with E-state index in [1.807, 2.05) is 4.98 Å². The van der Waals surface area contributed by atoms with E-state index in [2.05, 4.69) is 21.9 Å². The van der Waals surface area contributed by atoms with E-state index in [-0.39, 0.29) is 6.07 Å². The van der Waals surface area contributed by atoms with Crippen LogP contribution in [-0.4, -0.2) is 52.5 Å². The minimum atomic E-state index is -7.95. The lowest BCUT2D eigenvalue weighted by Gasteiger charge is -2.40. The smallest absolute Gasteiger partial charge is 0.335 e. The van der Waals surface area contributed by atoms with Gasteiger partial charge >= 0.3 is 48.4 Å². The third kappa shape index (κ3) is 5.42. The fourth-order valence-corrected chi connectivity index (χ4v) is 2.19. The van der Waals surface area contributed by atoms with Crippen LogP contribution in [0, 0.1) is 11.7 Å². The molecule has 1 N–H and O–H groups in total. The predicted molar refractivity (Wildman–Crippen MR) is 76.0 cm³/mol. The Morgan fingerprint density at radius 1 is 0.686 bits per heavy atom. The molecular formula is C13H5F17N2O2S. The second-order valence-corrected chi connectivity index (χ2v) is 6.64. The van der Waals surface area contributed by atoms with Crippen LogP contribution in [0.4, 0.5) is 74.6 Å². The maximum Gasteiger partial charge on any atom is 0.462 e. The van der Waals surface area contributed by atoms with Gasteiger partial charge in [0.25, 0.3) is 0 Å². The Morgan fingerprint density at radius 3 is 1.49 bits per heavy atom. The molecular weight excluding hydrogens is 571 g/mol. The van der Waals surface area contributed by atoms with Gasteiger partial charge < -0.3 is 4.98 Å². The lowest BCUT2D eigenvalue weighted by atomic mass is 10.1. The quantitative estimate of drug-likeness (QED) is 0.288. The van der Waals surface area contributed by atoms with Crippen LogP contribution in [0.2, 0.25) is 0 Å². The fraction of sp³-hybridized carbons (Fsp3) is 0.692. The minimum Gasteiger partial charge on any atom is -0.335 e. The number of H-pyrrole nitrogens is 1. The van der Waals surface area contributed by atoms with Gasteiger partial charge in [-0.3, -0.25) is 9.47 Å². The van der Waals surface area contributed by atoms with Crippen molar-refractivity contribution in [3.05, 3.63) is 22.2 Å². The van der Waals surface area contributed by atoms with Gasteiger partial charge in [-0.05, 0) is 25.2 Å². The molecule has 0 aliphatic heterocycles. The van der Waals surface area contributed by atoms with Gasteiger partial charge in [-0.2, -0.15) is 74.6 Å². The Kier molecular flexibility index (Phi) is 7.59. The van der Waals surface area contributed by atoms with Crippen molar-refractivity contribution in [1.82, 2.24) is 9.97 Å². The molecule has 2 unspecified atom stereocenters. The van der Waals surface area contributed by atoms with Crippen molar-refractivity contribution in [2.45, 2.75) is 55.3 Å². The first-order chi connectivity index (χ1) is 15.1. The zero-order valence-electron chi connectivity index (χ0n) is 15.7. The number of nitrogens with one attached hydrogen (secondary N) is 1. The highest BCUT2D eigenvalue weighted by Crippen LogP contribution is 2.57. The van der Waals surface area contributed by atoms with E-state index in [1.54, 1.807) is 0 Å². The molecule has 4 nitrogen and oxygen atoms in total. The molecule has 35 heavy (non-hydrogen) atoms. The van der Waals surface area contributed by atoms with Crippen LogP contribution in [-0.2, 0) is 15.3 Å². The molecule has 1 rings (SSSR count). The lowest BCUT2D eigenvalue weighted by molar-refractivity contribution is -0.554. The number of aryl methyl sites for hydroxylation is 1. The molecule has 204 valence electrons. The highest BCUT2D eigenvalue weighted by atomic mass is 32.1. The Bertz CT molecular complexity index is 984. The van der Waals surface area contributed by atoms with Crippen LogP contribution in [0.1, 0.15) is 11.4 Å². The standard InChI is InChI=1S/C13H5F17N2O2S/c1-3-2-4(32-5(35)31-3)6(14,9(18,19)20)33-13(29,30)8(17,11(24,25)26)34-12(27,28)7(15,16)10(21,22)23/h2H,1H3,(H,31,32,35). The number of nitrogens with zero attached hydrogens (tertiary/aromatic N) is 1. The van der Waals surface area contributed by atoms with E-state index < -0.39 is 64.5 Å². The average molecular weight is 576 g/mol. The second-order valence-electron chi connectivity index (χ2n) is 6.25. The summed E-state index contributed by atoms with van der Waals surface area (Å²) in [5.74, 6) is -22.1. The molecule has 1 aromatic heterocycles. The van der Waals surface area contributed by atoms with Crippen LogP contribution in [0.3, 0.4) is 0 Å². The fourth-order valence-electron chi connectivity index (χ4n) is 1.93. The number of rotatable bonds is 7. The van der Waals surface area contributed by atoms with Crippen LogP contribution in [0.5, 0.6) is 0 Å². The van der Waals surface area contributed by atoms with Gasteiger partial charge in [0.1, 0.15) is 5.69 Å². The molecule has 0 bridgehead atoms. The molecule has 1 aromatic rings. The lowest BCUT2D eigenvalue weighted by Crippen LogP contribution is -2.67. The Labute approximate surface area is 185 Å². The van der Waals surface area contributed by atoms with Crippen LogP contribution in [0.15, 0.2) is 6.07 Å². The summed E-state index contributed by atoms with van der Waals surface area (Å²) in [6.45, 7) is 0.744. The van der Waals surface area contributed by atoms with E-state index in [0.717, 1.165) is 6.92 Å². The highest BCUT2D eigenvalue weighted by Gasteiger charge is 2.85. The monoisotopic (exact) mass is 576 g/mol. The van der Waals surface area contributed by atoms with Crippen molar-refractivity contribution >= 4 is 12.2 Å². The van der Waals surface area contributed by atoms with E-state index >= 15 is 0 Å². The summed E-state index contributed by atoms with van der Waals surface area (Å²) in [5, 5.41) is 0. The molecule has 0 saturated carbocycles. The summed E-state index contributed by atoms with van der Waals surface area (Å²) in [4.78, 5) is 4.36. The van der Waals surface area contributed by atoms with E-state index in [1.165, 1.54) is 4.74 Å². The molecule has 0 aliphatic carbocycles. The third-order valence-electron chi connectivity index (χ3n) is 3.57. The number of hydrogen-bond acceptors (Lipinski definition) is 4. The van der Waals surface area contributed by atoms with Crippen LogP contribution < -0.4 is 0 Å². The molecule has 2 atom stereocenters. The van der Waals surface area contributed by atoms with Crippen LogP contribution in [0.25, 0.3) is 0 Å². The Hall–Kier alpha value is -1.97. The van der Waals surface area contributed by atoms with Crippen molar-refractivity contribution in [1.29, 1.82) is 0 Å². The van der Waals surface area contributed by atoms with E-state index in [0.29, 0.717) is 0 Å². The first-order valence-electron chi connectivity index (χ1n) is 7.76. The zero-order valence-corrected chi connectivity index (χ0v) is 16.5. The average Bonchev–Trinajstić information content (AvgIpc) is 2.56. The zero-order chi connectivity index (χ0) is 28.3. The second kappa shape index (κ2) is 8.56. The third-order valence-corrected chi connectivity index (χ3v) is 3.76. The molecule has 0 radical (unpaired) electrons. The summed E-state index contributed by atoms with van der Waals surface area (Å²) in [7, 11) is 0. The maximum atomic E-state index is 14.6. The number of alkyl halides is 17. The van der Waals surface area contributed by atoms with Crippen molar-refractivity contribution < 1.29 is 84.1 Å². The molecule has 0 amide bonds. The van der Waals surface area contributed by atoms with Gasteiger partial charge in [-0.1, -0.05) is 0 Å². The van der Waals surface area contributed by atoms with Gasteiger partial charge in [0, 0.05) is 5.69 Å². The Morgan fingerprint density at radius 2 is 1.14 bits per heavy atom. The van der Waals surface area contributed by atoms with Gasteiger partial charge in [0.2, 0.25) is 0 Å². The summed E-state index contributed by atoms with van der Waals surface area (Å²) in [5.41, 5.74) is -3.16. The number of ether oxygens (including phenoxy) is 2. The van der Waals surface area contributed by atoms with Gasteiger partial charge in [-0.15, -0.1) is 0 Å². The van der Waals surface area contributed by atoms with Gasteiger partial charge in [0.15, 0.2) is 4.77 Å². The molecule has 0 aromatic carbocycles. The normalized spacial score (nSPS) is 18.2. The van der Waals surface area contributed by atoms with Crippen molar-refractivity contribution in [3.8, 4) is 0 Å². The predicted octanol–water partition coefficient (Wildman–Crippen LogP) is 6.78. The molecule has 0 saturated heterocycles. The van der Waals surface area contributed by atoms with E-state index in [4.69, 9.17) is 0 Å². The van der Waals surface area contributed by atoms with Crippen LogP contribution >= 0.6 is 12.2 Å². The van der Waals surface area contributed by atoms with Gasteiger partial charge in [0.05, 0.1) is 0 Å². The highest BCUT2D eigenvalue weighted by molar-refractivity contribution is 7.71. The minimum absolute atomic E-state index is 0.194. The summed E-state index contributed by atoms with van der Waals surface area (Å²) < 4.78 is 225. The molecule has 1 heterocycles. The van der Waals surface area contributed by atoms with Gasteiger partial charge in [-0.25, -0.2) is 4.98 Å². The Balaban J connectivity index is 3.79. The molecule has 0 spiro atoms. The first-order valence-corrected chi connectivity index (χ1v) is 8.17. The molecule has 0 fully saturated rings. The largest absolute Gasteiger partial charge is 0.462 e. The number of aromatic nitrogens is 2. The first kappa shape index (κ1) is 31.1. The number of aromatic amines is 1. The van der Waals surface area contributed by atoms with Crippen molar-refractivity contribution in [3.63, 3.8) is 0 Å². The van der Waals surface area contributed by atoms with E-state index in [9.17, 15) is 74.6 Å². The summed E-state index contributed by atoms with van der Waals surface area (Å²) in [6, 6.07) is -0.194. The summed E-state index contributed by atoms with van der Waals surface area (Å²) >= 11 is 4.19. The molecule has 22 heteroatoms. The van der Waals surface area contributed by atoms with Crippen molar-refractivity contribution in [2.24, 2.45) is 0 Å². The maximum absolute atomic E-state index is 14.6. The summed E-state index contributed by atoms with van der Waals surface area (Å²) in [6.07, 6.45) is -38.0. The molecule has 0 aliphatic rings. The number of halogens is 17.